The lowest BCUT2D eigenvalue weighted by Crippen LogP contribution is -2.35. The third-order valence-corrected chi connectivity index (χ3v) is 4.27. The molecule has 1 N–H and O–H groups in total. The van der Waals surface area contributed by atoms with Crippen LogP contribution in [0.2, 0.25) is 0 Å². The van der Waals surface area contributed by atoms with Crippen LogP contribution in [0.5, 0.6) is 0 Å². The van der Waals surface area contributed by atoms with Crippen molar-refractivity contribution < 1.29 is 0 Å². The molecular weight excluding hydrogens is 256 g/mol. The Morgan fingerprint density at radius 3 is 2.10 bits per heavy atom. The third-order valence-electron chi connectivity index (χ3n) is 4.27. The summed E-state index contributed by atoms with van der Waals surface area (Å²) in [4.78, 5) is 2.65. The molecule has 0 radical (unpaired) electrons. The van der Waals surface area contributed by atoms with E-state index in [4.69, 9.17) is 0 Å². The smallest absolute Gasteiger partial charge is 0.0236 e. The van der Waals surface area contributed by atoms with E-state index in [0.29, 0.717) is 0 Å². The van der Waals surface area contributed by atoms with Gasteiger partial charge in [0.15, 0.2) is 0 Å². The summed E-state index contributed by atoms with van der Waals surface area (Å²) in [7, 11) is 0. The first kappa shape index (κ1) is 16.5. The molecule has 1 fully saturated rings. The van der Waals surface area contributed by atoms with Gasteiger partial charge in [0.25, 0.3) is 0 Å². The highest BCUT2D eigenvalue weighted by molar-refractivity contribution is 5.27. The molecule has 21 heavy (non-hydrogen) atoms. The Bertz CT molecular complexity index is 412. The van der Waals surface area contributed by atoms with E-state index in [1.165, 1.54) is 56.3 Å². The van der Waals surface area contributed by atoms with E-state index >= 15 is 0 Å². The lowest BCUT2D eigenvalue weighted by molar-refractivity contribution is 0.239. The molecule has 2 nitrogen and oxygen atoms in total. The normalized spacial score (nSPS) is 18.2. The lowest BCUT2D eigenvalue weighted by Gasteiger charge is -2.26. The molecule has 1 heterocycles. The van der Waals surface area contributed by atoms with Gasteiger partial charge in [0.1, 0.15) is 0 Å². The number of nitrogens with one attached hydrogen (secondary N) is 1. The molecular formula is C19H32N2. The number of hydrogen-bond acceptors (Lipinski definition) is 2. The van der Waals surface area contributed by atoms with Crippen LogP contribution < -0.4 is 5.32 Å². The fraction of sp³-hybridized carbons (Fsp3) is 0.684. The minimum atomic E-state index is 0.174. The molecule has 118 valence electrons. The molecule has 0 aromatic heterocycles. The molecule has 1 aromatic carbocycles. The van der Waals surface area contributed by atoms with Crippen LogP contribution in [0.25, 0.3) is 0 Å². The Kier molecular flexibility index (Phi) is 6.25. The predicted molar refractivity (Wildman–Crippen MR) is 91.4 cm³/mol. The fourth-order valence-corrected chi connectivity index (χ4v) is 2.96. The highest BCUT2D eigenvalue weighted by Gasteiger charge is 2.13. The van der Waals surface area contributed by atoms with E-state index < -0.39 is 0 Å². The van der Waals surface area contributed by atoms with Crippen molar-refractivity contribution in [1.29, 1.82) is 0 Å². The van der Waals surface area contributed by atoms with Gasteiger partial charge in [-0.2, -0.15) is 0 Å². The summed E-state index contributed by atoms with van der Waals surface area (Å²) < 4.78 is 0. The van der Waals surface area contributed by atoms with E-state index in [-0.39, 0.29) is 5.54 Å². The zero-order chi connectivity index (χ0) is 15.1. The predicted octanol–water partition coefficient (Wildman–Crippen LogP) is 4.34. The van der Waals surface area contributed by atoms with Crippen LogP contribution in [0.4, 0.5) is 0 Å². The van der Waals surface area contributed by atoms with E-state index in [2.05, 4.69) is 55.3 Å². The van der Waals surface area contributed by atoms with Gasteiger partial charge in [-0.25, -0.2) is 0 Å². The van der Waals surface area contributed by atoms with E-state index in [9.17, 15) is 0 Å². The van der Waals surface area contributed by atoms with Gasteiger partial charge < -0.3 is 5.32 Å². The summed E-state index contributed by atoms with van der Waals surface area (Å²) in [6.45, 7) is 11.3. The van der Waals surface area contributed by atoms with Gasteiger partial charge >= 0.3 is 0 Å². The summed E-state index contributed by atoms with van der Waals surface area (Å²) in [5.74, 6) is 0. The van der Waals surface area contributed by atoms with Crippen LogP contribution in [0.1, 0.15) is 64.0 Å². The largest absolute Gasteiger partial charge is 0.308 e. The SMILES string of the molecule is CC(C)(C)NCc1ccccc1CN1CCCCCCC1. The average Bonchev–Trinajstić information content (AvgIpc) is 2.39. The number of hydrogen-bond donors (Lipinski definition) is 1. The van der Waals surface area contributed by atoms with Gasteiger partial charge in [0.05, 0.1) is 0 Å². The van der Waals surface area contributed by atoms with Gasteiger partial charge in [-0.3, -0.25) is 4.90 Å². The van der Waals surface area contributed by atoms with Gasteiger partial charge in [-0.05, 0) is 57.8 Å². The molecule has 0 saturated carbocycles. The van der Waals surface area contributed by atoms with Gasteiger partial charge in [0.2, 0.25) is 0 Å². The van der Waals surface area contributed by atoms with Crippen LogP contribution in [0.3, 0.4) is 0 Å². The molecule has 1 aliphatic rings. The third kappa shape index (κ3) is 6.19. The summed E-state index contributed by atoms with van der Waals surface area (Å²) in [5, 5.41) is 3.62. The number of nitrogens with zero attached hydrogens (tertiary/aromatic N) is 1. The number of benzene rings is 1. The highest BCUT2D eigenvalue weighted by atomic mass is 15.1. The van der Waals surface area contributed by atoms with E-state index in [0.717, 1.165) is 13.1 Å². The quantitative estimate of drug-likeness (QED) is 0.886. The summed E-state index contributed by atoms with van der Waals surface area (Å²) >= 11 is 0. The Balaban J connectivity index is 1.98. The van der Waals surface area contributed by atoms with Crippen LogP contribution in [0.15, 0.2) is 24.3 Å². The van der Waals surface area contributed by atoms with Gasteiger partial charge in [-0.15, -0.1) is 0 Å². The van der Waals surface area contributed by atoms with Crippen molar-refractivity contribution >= 4 is 0 Å². The van der Waals surface area contributed by atoms with Gasteiger partial charge in [-0.1, -0.05) is 43.5 Å². The summed E-state index contributed by atoms with van der Waals surface area (Å²) in [6, 6.07) is 8.92. The zero-order valence-corrected chi connectivity index (χ0v) is 14.1. The fourth-order valence-electron chi connectivity index (χ4n) is 2.96. The topological polar surface area (TPSA) is 15.3 Å². The standard InChI is InChI=1S/C19H32N2/c1-19(2,3)20-15-17-11-7-8-12-18(17)16-21-13-9-5-4-6-10-14-21/h7-8,11-12,20H,4-6,9-10,13-16H2,1-3H3. The molecule has 2 heteroatoms. The second kappa shape index (κ2) is 7.95. The van der Waals surface area contributed by atoms with Crippen LogP contribution in [0, 0.1) is 0 Å². The van der Waals surface area contributed by atoms with Crippen molar-refractivity contribution in [3.05, 3.63) is 35.4 Å². The minimum absolute atomic E-state index is 0.174. The Morgan fingerprint density at radius 1 is 0.905 bits per heavy atom. The maximum Gasteiger partial charge on any atom is 0.0236 e. The first-order valence-corrected chi connectivity index (χ1v) is 8.59. The maximum absolute atomic E-state index is 3.62. The molecule has 0 unspecified atom stereocenters. The first-order chi connectivity index (χ1) is 10.0. The number of rotatable bonds is 4. The molecule has 0 atom stereocenters. The molecule has 0 bridgehead atoms. The summed E-state index contributed by atoms with van der Waals surface area (Å²) in [6.07, 6.45) is 6.97. The Morgan fingerprint density at radius 2 is 1.48 bits per heavy atom. The van der Waals surface area contributed by atoms with Crippen LogP contribution in [-0.4, -0.2) is 23.5 Å². The van der Waals surface area contributed by atoms with Crippen LogP contribution >= 0.6 is 0 Å². The van der Waals surface area contributed by atoms with Crippen molar-refractivity contribution in [2.24, 2.45) is 0 Å². The molecule has 0 aliphatic carbocycles. The van der Waals surface area contributed by atoms with E-state index in [1.807, 2.05) is 0 Å². The molecule has 2 rings (SSSR count). The van der Waals surface area contributed by atoms with Crippen molar-refractivity contribution in [1.82, 2.24) is 10.2 Å². The molecule has 1 saturated heterocycles. The van der Waals surface area contributed by atoms with Gasteiger partial charge in [0, 0.05) is 18.6 Å². The lowest BCUT2D eigenvalue weighted by atomic mass is 10.0. The maximum atomic E-state index is 3.62. The first-order valence-electron chi connectivity index (χ1n) is 8.59. The van der Waals surface area contributed by atoms with Crippen LogP contribution in [-0.2, 0) is 13.1 Å². The summed E-state index contributed by atoms with van der Waals surface area (Å²) in [5.41, 5.74) is 3.12. The number of likely N-dealkylation sites (tertiary alicyclic amines) is 1. The average molecular weight is 288 g/mol. The molecule has 1 aromatic rings. The molecule has 1 aliphatic heterocycles. The van der Waals surface area contributed by atoms with Crippen molar-refractivity contribution in [2.45, 2.75) is 71.5 Å². The molecule has 0 amide bonds. The Hall–Kier alpha value is -0.860. The van der Waals surface area contributed by atoms with Crippen molar-refractivity contribution in [3.63, 3.8) is 0 Å². The zero-order valence-electron chi connectivity index (χ0n) is 14.1. The second-order valence-corrected chi connectivity index (χ2v) is 7.42. The van der Waals surface area contributed by atoms with Crippen molar-refractivity contribution in [3.8, 4) is 0 Å². The second-order valence-electron chi connectivity index (χ2n) is 7.42. The van der Waals surface area contributed by atoms with Crippen molar-refractivity contribution in [2.75, 3.05) is 13.1 Å². The minimum Gasteiger partial charge on any atom is -0.308 e. The monoisotopic (exact) mass is 288 g/mol. The Labute approximate surface area is 130 Å². The highest BCUT2D eigenvalue weighted by Crippen LogP contribution is 2.17. The van der Waals surface area contributed by atoms with E-state index in [1.54, 1.807) is 0 Å². The molecule has 0 spiro atoms.